The quantitative estimate of drug-likeness (QED) is 0.126. The van der Waals surface area contributed by atoms with E-state index in [0.717, 1.165) is 30.0 Å². The van der Waals surface area contributed by atoms with Gasteiger partial charge in [-0.2, -0.15) is 8.62 Å². The molecule has 2 heterocycles. The van der Waals surface area contributed by atoms with Crippen LogP contribution >= 0.6 is 46.0 Å². The fourth-order valence-electron chi connectivity index (χ4n) is 3.71. The lowest BCUT2D eigenvalue weighted by Gasteiger charge is -2.26. The van der Waals surface area contributed by atoms with Crippen molar-refractivity contribution in [3.63, 3.8) is 0 Å². The van der Waals surface area contributed by atoms with Gasteiger partial charge >= 0.3 is 29.1 Å². The first-order valence-electron chi connectivity index (χ1n) is 10.5. The maximum Gasteiger partial charge on any atom is 0.489 e. The van der Waals surface area contributed by atoms with Crippen molar-refractivity contribution in [1.82, 2.24) is 14.6 Å². The topological polar surface area (TPSA) is 256 Å². The van der Waals surface area contributed by atoms with Crippen LogP contribution in [0.3, 0.4) is 0 Å². The third-order valence-electron chi connectivity index (χ3n) is 5.31. The highest BCUT2D eigenvalue weighted by atomic mass is 127. The van der Waals surface area contributed by atoms with Gasteiger partial charge in [0, 0.05) is 12.2 Å². The second kappa shape index (κ2) is 11.8. The molecule has 1 aliphatic heterocycles. The smallest absolute Gasteiger partial charge is 0.387 e. The molecule has 2 fully saturated rings. The van der Waals surface area contributed by atoms with Gasteiger partial charge in [-0.3, -0.25) is 18.9 Å². The van der Waals surface area contributed by atoms with Gasteiger partial charge in [0.1, 0.15) is 18.3 Å². The molecule has 4 unspecified atom stereocenters. The van der Waals surface area contributed by atoms with E-state index in [0.29, 0.717) is 12.8 Å². The Balaban J connectivity index is 1.59. The van der Waals surface area contributed by atoms with Crippen LogP contribution in [0.25, 0.3) is 0 Å². The molecule has 2 aliphatic rings. The van der Waals surface area contributed by atoms with Gasteiger partial charge in [-0.15, -0.1) is 0 Å². The van der Waals surface area contributed by atoms with Gasteiger partial charge in [0.2, 0.25) is 0 Å². The third kappa shape index (κ3) is 8.10. The number of hydrogen-bond acceptors (Lipinski definition) is 11. The first-order chi connectivity index (χ1) is 16.6. The average molecular weight is 691 g/mol. The molecular formula is C15H25IN3O14P3. The third-order valence-corrected chi connectivity index (χ3v) is 10.6. The molecule has 7 N–H and O–H groups in total. The first kappa shape index (κ1) is 30.2. The van der Waals surface area contributed by atoms with Crippen molar-refractivity contribution in [2.24, 2.45) is 0 Å². The van der Waals surface area contributed by atoms with E-state index in [4.69, 9.17) is 4.74 Å². The Bertz CT molecular complexity index is 1200. The van der Waals surface area contributed by atoms with Crippen molar-refractivity contribution in [2.45, 2.75) is 62.7 Å². The lowest BCUT2D eigenvalue weighted by atomic mass is 9.96. The van der Waals surface area contributed by atoms with Crippen molar-refractivity contribution in [1.29, 1.82) is 0 Å². The summed E-state index contributed by atoms with van der Waals surface area (Å²) < 4.78 is 55.2. The van der Waals surface area contributed by atoms with E-state index in [2.05, 4.69) is 18.2 Å². The van der Waals surface area contributed by atoms with Crippen LogP contribution in [0.1, 0.15) is 38.3 Å². The van der Waals surface area contributed by atoms with Crippen molar-refractivity contribution in [3.8, 4) is 0 Å². The Labute approximate surface area is 216 Å². The summed E-state index contributed by atoms with van der Waals surface area (Å²) in [4.78, 5) is 54.8. The summed E-state index contributed by atoms with van der Waals surface area (Å²) in [7, 11) is -16.0. The molecule has 1 aromatic rings. The van der Waals surface area contributed by atoms with Crippen LogP contribution in [0.5, 0.6) is 0 Å². The zero-order valence-corrected chi connectivity index (χ0v) is 23.1. The predicted octanol–water partition coefficient (Wildman–Crippen LogP) is 0.0337. The van der Waals surface area contributed by atoms with Crippen molar-refractivity contribution in [3.05, 3.63) is 30.6 Å². The van der Waals surface area contributed by atoms with Crippen molar-refractivity contribution >= 4 is 46.0 Å². The lowest BCUT2D eigenvalue weighted by molar-refractivity contribution is -0.0543. The summed E-state index contributed by atoms with van der Waals surface area (Å²) in [6.07, 6.45) is -2.00. The SMILES string of the molecule is O=c1[nH]c(=O)n([C@@H]2O[C@H](COP(=O)(O)OP(=O)(O)OP(=O)(O)NC3CCCCC3)[C@H](O)C2O)cc1I. The number of aromatic amines is 1. The Hall–Kier alpha value is -0.300. The molecule has 0 radical (unpaired) electrons. The highest BCUT2D eigenvalue weighted by molar-refractivity contribution is 14.1. The number of aliphatic hydroxyl groups is 2. The Kier molecular flexibility index (Phi) is 9.94. The normalized spacial score (nSPS) is 30.4. The van der Waals surface area contributed by atoms with Crippen molar-refractivity contribution in [2.75, 3.05) is 6.61 Å². The van der Waals surface area contributed by atoms with Gasteiger partial charge in [-0.1, -0.05) is 19.3 Å². The zero-order valence-electron chi connectivity index (χ0n) is 18.3. The average Bonchev–Trinajstić information content (AvgIpc) is 3.02. The summed E-state index contributed by atoms with van der Waals surface area (Å²) in [6.45, 7) is -0.991. The van der Waals surface area contributed by atoms with Gasteiger partial charge in [-0.05, 0) is 35.4 Å². The molecule has 0 bridgehead atoms. The Morgan fingerprint density at radius 3 is 2.33 bits per heavy atom. The van der Waals surface area contributed by atoms with Crippen LogP contribution in [0, 0.1) is 3.57 Å². The van der Waals surface area contributed by atoms with E-state index >= 15 is 0 Å². The minimum Gasteiger partial charge on any atom is -0.387 e. The number of phosphoric acid groups is 2. The van der Waals surface area contributed by atoms with Crippen molar-refractivity contribution < 1.29 is 56.5 Å². The minimum absolute atomic E-state index is 0.0586. The molecule has 7 atom stereocenters. The van der Waals surface area contributed by atoms with Gasteiger partial charge in [0.25, 0.3) is 5.56 Å². The van der Waals surface area contributed by atoms with Crippen LogP contribution in [0.2, 0.25) is 0 Å². The second-order valence-corrected chi connectivity index (χ2v) is 14.0. The Morgan fingerprint density at radius 2 is 1.69 bits per heavy atom. The number of ether oxygens (including phenoxy) is 1. The summed E-state index contributed by atoms with van der Waals surface area (Å²) in [5.41, 5.74) is -1.66. The number of aromatic nitrogens is 2. The van der Waals surface area contributed by atoms with E-state index < -0.39 is 71.8 Å². The fraction of sp³-hybridized carbons (Fsp3) is 0.733. The number of nitrogens with zero attached hydrogens (tertiary/aromatic N) is 1. The summed E-state index contributed by atoms with van der Waals surface area (Å²) >= 11 is 1.62. The highest BCUT2D eigenvalue weighted by Gasteiger charge is 2.47. The van der Waals surface area contributed by atoms with Crippen LogP contribution in [0.4, 0.5) is 0 Å². The number of aliphatic hydroxyl groups excluding tert-OH is 2. The Morgan fingerprint density at radius 1 is 1.06 bits per heavy atom. The monoisotopic (exact) mass is 691 g/mol. The number of hydrogen-bond donors (Lipinski definition) is 7. The first-order valence-corrected chi connectivity index (χ1v) is 16.1. The predicted molar refractivity (Wildman–Crippen MR) is 128 cm³/mol. The van der Waals surface area contributed by atoms with E-state index in [1.54, 1.807) is 22.6 Å². The molecule has 21 heteroatoms. The zero-order chi connectivity index (χ0) is 26.9. The molecule has 0 amide bonds. The molecule has 0 spiro atoms. The van der Waals surface area contributed by atoms with E-state index in [1.165, 1.54) is 0 Å². The maximum atomic E-state index is 12.1. The number of H-pyrrole nitrogens is 1. The van der Waals surface area contributed by atoms with Crippen LogP contribution in [-0.2, 0) is 31.6 Å². The number of phosphoric ester groups is 1. The summed E-state index contributed by atoms with van der Waals surface area (Å²) in [6, 6.07) is -0.467. The van der Waals surface area contributed by atoms with E-state index in [-0.39, 0.29) is 3.57 Å². The molecule has 1 saturated heterocycles. The largest absolute Gasteiger partial charge is 0.489 e. The molecule has 0 aromatic carbocycles. The van der Waals surface area contributed by atoms with Gasteiger partial charge in [0.15, 0.2) is 6.23 Å². The molecule has 36 heavy (non-hydrogen) atoms. The molecule has 1 saturated carbocycles. The summed E-state index contributed by atoms with van der Waals surface area (Å²) in [5.74, 6) is 0. The molecule has 17 nitrogen and oxygen atoms in total. The van der Waals surface area contributed by atoms with Gasteiger partial charge < -0.3 is 29.6 Å². The van der Waals surface area contributed by atoms with Crippen LogP contribution in [-0.4, -0.2) is 65.4 Å². The lowest BCUT2D eigenvalue weighted by Crippen LogP contribution is -2.38. The van der Waals surface area contributed by atoms with Crippen LogP contribution in [0.15, 0.2) is 15.8 Å². The van der Waals surface area contributed by atoms with E-state index in [9.17, 15) is 48.2 Å². The second-order valence-electron chi connectivity index (χ2n) is 8.07. The molecule has 1 aromatic heterocycles. The number of nitrogens with one attached hydrogen (secondary N) is 2. The van der Waals surface area contributed by atoms with E-state index in [1.807, 2.05) is 4.98 Å². The molecule has 1 aliphatic carbocycles. The fourth-order valence-corrected chi connectivity index (χ4v) is 8.13. The number of rotatable bonds is 10. The molecule has 3 rings (SSSR count). The molecular weight excluding hydrogens is 666 g/mol. The van der Waals surface area contributed by atoms with Gasteiger partial charge in [-0.25, -0.2) is 23.6 Å². The molecule has 206 valence electrons. The van der Waals surface area contributed by atoms with Crippen LogP contribution < -0.4 is 16.3 Å². The minimum atomic E-state index is -5.62. The highest BCUT2D eigenvalue weighted by Crippen LogP contribution is 2.66. The van der Waals surface area contributed by atoms with Gasteiger partial charge in [0.05, 0.1) is 10.2 Å². The summed E-state index contributed by atoms with van der Waals surface area (Å²) in [5, 5.41) is 22.6. The maximum absolute atomic E-state index is 12.1. The number of halogens is 1. The standard InChI is InChI=1S/C15H25IN3O14P3/c16-9-6-19(15(23)17-13(9)22)14-12(21)11(20)10(31-14)7-30-35(26,27)33-36(28,29)32-34(24,25)18-8-4-2-1-3-5-8/h6,8,10-12,14,20-21H,1-5,7H2,(H,26,27)(H,28,29)(H,17,22,23)(H2,18,24,25)/t10-,11+,12?,14-/m1/s1.